The third-order valence-corrected chi connectivity index (χ3v) is 5.36. The Balaban J connectivity index is 1.25. The van der Waals surface area contributed by atoms with Gasteiger partial charge in [-0.2, -0.15) is 4.98 Å². The van der Waals surface area contributed by atoms with Gasteiger partial charge in [-0.15, -0.1) is 0 Å². The van der Waals surface area contributed by atoms with Crippen LogP contribution < -0.4 is 4.74 Å². The minimum Gasteiger partial charge on any atom is -0.482 e. The van der Waals surface area contributed by atoms with Crippen molar-refractivity contribution in [3.63, 3.8) is 0 Å². The van der Waals surface area contributed by atoms with E-state index in [1.807, 2.05) is 43.3 Å². The number of carbonyl (C=O) groups excluding carboxylic acids is 1. The maximum Gasteiger partial charge on any atom is 0.260 e. The van der Waals surface area contributed by atoms with Gasteiger partial charge in [0.1, 0.15) is 5.75 Å². The first kappa shape index (κ1) is 20.4. The Morgan fingerprint density at radius 2 is 1.83 bits per heavy atom. The van der Waals surface area contributed by atoms with Gasteiger partial charge in [-0.25, -0.2) is 0 Å². The monoisotopic (exact) mass is 426 g/mol. The zero-order valence-electron chi connectivity index (χ0n) is 16.8. The lowest BCUT2D eigenvalue weighted by molar-refractivity contribution is -0.135. The fraction of sp³-hybridized carbons (Fsp3) is 0.318. The molecule has 0 spiro atoms. The molecule has 30 heavy (non-hydrogen) atoms. The average molecular weight is 427 g/mol. The van der Waals surface area contributed by atoms with Gasteiger partial charge < -0.3 is 14.2 Å². The number of aryl methyl sites for hydroxylation is 1. The van der Waals surface area contributed by atoms with Crippen LogP contribution in [0, 0.1) is 6.92 Å². The number of halogens is 1. The highest BCUT2D eigenvalue weighted by molar-refractivity contribution is 6.32. The Labute approximate surface area is 180 Å². The van der Waals surface area contributed by atoms with Crippen molar-refractivity contribution >= 4 is 17.5 Å². The van der Waals surface area contributed by atoms with Crippen molar-refractivity contribution in [3.8, 4) is 17.1 Å². The fourth-order valence-corrected chi connectivity index (χ4v) is 3.47. The molecule has 1 aliphatic rings. The van der Waals surface area contributed by atoms with E-state index in [1.54, 1.807) is 17.0 Å². The number of piperazine rings is 1. The van der Waals surface area contributed by atoms with E-state index in [0.29, 0.717) is 42.1 Å². The minimum atomic E-state index is -0.0472. The van der Waals surface area contributed by atoms with Crippen molar-refractivity contribution < 1.29 is 14.1 Å². The summed E-state index contributed by atoms with van der Waals surface area (Å²) in [6.45, 7) is 5.32. The molecule has 0 radical (unpaired) electrons. The normalized spacial score (nSPS) is 14.7. The summed E-state index contributed by atoms with van der Waals surface area (Å²) in [5, 5.41) is 4.58. The number of amides is 1. The number of carbonyl (C=O) groups is 1. The smallest absolute Gasteiger partial charge is 0.260 e. The van der Waals surface area contributed by atoms with E-state index in [-0.39, 0.29) is 12.5 Å². The van der Waals surface area contributed by atoms with E-state index in [0.717, 1.165) is 18.7 Å². The van der Waals surface area contributed by atoms with Crippen LogP contribution in [0.2, 0.25) is 5.02 Å². The molecule has 0 N–H and O–H groups in total. The molecular formula is C22H23ClN4O3. The van der Waals surface area contributed by atoms with E-state index in [9.17, 15) is 4.79 Å². The van der Waals surface area contributed by atoms with Gasteiger partial charge in [0.05, 0.1) is 11.6 Å². The lowest BCUT2D eigenvalue weighted by Crippen LogP contribution is -2.49. The lowest BCUT2D eigenvalue weighted by Gasteiger charge is -2.33. The molecule has 3 aromatic rings. The van der Waals surface area contributed by atoms with Crippen LogP contribution >= 0.6 is 11.6 Å². The first-order valence-corrected chi connectivity index (χ1v) is 10.2. The quantitative estimate of drug-likeness (QED) is 0.601. The van der Waals surface area contributed by atoms with Crippen molar-refractivity contribution in [2.75, 3.05) is 32.8 Å². The number of hydrogen-bond acceptors (Lipinski definition) is 6. The van der Waals surface area contributed by atoms with Crippen molar-refractivity contribution in [3.05, 3.63) is 65.0 Å². The van der Waals surface area contributed by atoms with Gasteiger partial charge in [-0.05, 0) is 19.1 Å². The maximum atomic E-state index is 12.4. The van der Waals surface area contributed by atoms with Gasteiger partial charge in [-0.1, -0.05) is 58.7 Å². The van der Waals surface area contributed by atoms with Crippen LogP contribution in [-0.2, 0) is 11.3 Å². The van der Waals surface area contributed by atoms with Crippen LogP contribution in [0.1, 0.15) is 11.5 Å². The zero-order valence-corrected chi connectivity index (χ0v) is 17.5. The predicted octanol–water partition coefficient (Wildman–Crippen LogP) is 3.42. The fourth-order valence-electron chi connectivity index (χ4n) is 3.28. The first-order chi connectivity index (χ1) is 14.6. The summed E-state index contributed by atoms with van der Waals surface area (Å²) in [6, 6.07) is 15.2. The number of benzene rings is 2. The van der Waals surface area contributed by atoms with E-state index >= 15 is 0 Å². The summed E-state index contributed by atoms with van der Waals surface area (Å²) in [7, 11) is 0. The second-order valence-electron chi connectivity index (χ2n) is 7.25. The number of para-hydroxylation sites is 1. The number of nitrogens with zero attached hydrogens (tertiary/aromatic N) is 4. The van der Waals surface area contributed by atoms with Crippen LogP contribution in [0.5, 0.6) is 5.75 Å². The number of aromatic nitrogens is 2. The van der Waals surface area contributed by atoms with E-state index < -0.39 is 0 Å². The summed E-state index contributed by atoms with van der Waals surface area (Å²) in [5.74, 6) is 1.64. The Bertz CT molecular complexity index is 998. The summed E-state index contributed by atoms with van der Waals surface area (Å²) in [5.41, 5.74) is 2.12. The van der Waals surface area contributed by atoms with Crippen LogP contribution in [0.4, 0.5) is 0 Å². The topological polar surface area (TPSA) is 71.7 Å². The minimum absolute atomic E-state index is 0.0205. The molecule has 156 valence electrons. The molecule has 1 amide bonds. The van der Waals surface area contributed by atoms with Gasteiger partial charge in [0.25, 0.3) is 5.91 Å². The molecule has 2 aromatic carbocycles. The van der Waals surface area contributed by atoms with Crippen LogP contribution in [-0.4, -0.2) is 58.6 Å². The third-order valence-electron chi connectivity index (χ3n) is 5.05. The molecule has 1 aromatic heterocycles. The molecule has 1 fully saturated rings. The standard InChI is InChI=1S/C22H23ClN4O3/c1-16-6-8-17(9-7-16)22-24-20(30-25-22)14-26-10-12-27(13-11-26)21(28)15-29-19-5-3-2-4-18(19)23/h2-9H,10-15H2,1H3. The summed E-state index contributed by atoms with van der Waals surface area (Å²) in [6.07, 6.45) is 0. The molecule has 0 aliphatic carbocycles. The maximum absolute atomic E-state index is 12.4. The highest BCUT2D eigenvalue weighted by atomic mass is 35.5. The Kier molecular flexibility index (Phi) is 6.30. The lowest BCUT2D eigenvalue weighted by atomic mass is 10.1. The Morgan fingerprint density at radius 1 is 1.10 bits per heavy atom. The van der Waals surface area contributed by atoms with Crippen LogP contribution in [0.15, 0.2) is 53.1 Å². The van der Waals surface area contributed by atoms with Crippen molar-refractivity contribution in [2.45, 2.75) is 13.5 Å². The van der Waals surface area contributed by atoms with Gasteiger partial charge in [0.2, 0.25) is 11.7 Å². The molecule has 0 atom stereocenters. The second-order valence-corrected chi connectivity index (χ2v) is 7.66. The second kappa shape index (κ2) is 9.28. The predicted molar refractivity (Wildman–Crippen MR) is 113 cm³/mol. The highest BCUT2D eigenvalue weighted by Crippen LogP contribution is 2.23. The van der Waals surface area contributed by atoms with Crippen molar-refractivity contribution in [1.82, 2.24) is 19.9 Å². The number of rotatable bonds is 6. The molecule has 0 unspecified atom stereocenters. The molecule has 1 saturated heterocycles. The molecular weight excluding hydrogens is 404 g/mol. The average Bonchev–Trinajstić information content (AvgIpc) is 3.22. The largest absolute Gasteiger partial charge is 0.482 e. The van der Waals surface area contributed by atoms with Gasteiger partial charge >= 0.3 is 0 Å². The third kappa shape index (κ3) is 4.98. The number of ether oxygens (including phenoxy) is 1. The van der Waals surface area contributed by atoms with Crippen LogP contribution in [0.3, 0.4) is 0 Å². The van der Waals surface area contributed by atoms with Gasteiger partial charge in [-0.3, -0.25) is 9.69 Å². The highest BCUT2D eigenvalue weighted by Gasteiger charge is 2.23. The Morgan fingerprint density at radius 3 is 2.57 bits per heavy atom. The first-order valence-electron chi connectivity index (χ1n) is 9.85. The molecule has 2 heterocycles. The zero-order chi connectivity index (χ0) is 20.9. The van der Waals surface area contributed by atoms with E-state index in [2.05, 4.69) is 15.0 Å². The SMILES string of the molecule is Cc1ccc(-c2noc(CN3CCN(C(=O)COc4ccccc4Cl)CC3)n2)cc1. The summed E-state index contributed by atoms with van der Waals surface area (Å²) >= 11 is 6.06. The summed E-state index contributed by atoms with van der Waals surface area (Å²) < 4.78 is 11.0. The summed E-state index contributed by atoms with van der Waals surface area (Å²) in [4.78, 5) is 20.9. The van der Waals surface area contributed by atoms with Crippen molar-refractivity contribution in [2.24, 2.45) is 0 Å². The number of hydrogen-bond donors (Lipinski definition) is 0. The molecule has 4 rings (SSSR count). The molecule has 7 nitrogen and oxygen atoms in total. The van der Waals surface area contributed by atoms with E-state index in [1.165, 1.54) is 5.56 Å². The van der Waals surface area contributed by atoms with Gasteiger partial charge in [0.15, 0.2) is 6.61 Å². The molecule has 1 aliphatic heterocycles. The molecule has 0 bridgehead atoms. The van der Waals surface area contributed by atoms with Crippen LogP contribution in [0.25, 0.3) is 11.4 Å². The van der Waals surface area contributed by atoms with Gasteiger partial charge in [0, 0.05) is 31.7 Å². The molecule has 0 saturated carbocycles. The van der Waals surface area contributed by atoms with E-state index in [4.69, 9.17) is 20.9 Å². The Hall–Kier alpha value is -2.90. The molecule has 8 heteroatoms. The van der Waals surface area contributed by atoms with Crippen molar-refractivity contribution in [1.29, 1.82) is 0 Å².